The lowest BCUT2D eigenvalue weighted by Gasteiger charge is -2.18. The Morgan fingerprint density at radius 1 is 1.38 bits per heavy atom. The van der Waals surface area contributed by atoms with Crippen LogP contribution in [0.15, 0.2) is 12.1 Å². The number of hydrogen-bond acceptors (Lipinski definition) is 3. The van der Waals surface area contributed by atoms with Gasteiger partial charge in [0.1, 0.15) is 5.82 Å². The Balaban J connectivity index is 2.85. The largest absolute Gasteiger partial charge is 0.486 e. The van der Waals surface area contributed by atoms with Gasteiger partial charge in [-0.3, -0.25) is 4.79 Å². The van der Waals surface area contributed by atoms with Crippen LogP contribution in [0.3, 0.4) is 0 Å². The molecule has 0 aliphatic rings. The molecule has 0 heterocycles. The molecule has 0 bridgehead atoms. The van der Waals surface area contributed by atoms with E-state index in [1.165, 1.54) is 12.1 Å². The first-order valence-electron chi connectivity index (χ1n) is 7.91. The molecule has 0 atom stereocenters. The van der Waals surface area contributed by atoms with Gasteiger partial charge < -0.3 is 10.1 Å². The lowest BCUT2D eigenvalue weighted by molar-refractivity contribution is -0.117. The average molecular weight is 374 g/mol. The molecule has 0 fully saturated rings. The van der Waals surface area contributed by atoms with Crippen molar-refractivity contribution in [2.24, 2.45) is 11.3 Å². The molecular formula is C18H25ClFNO2S. The van der Waals surface area contributed by atoms with E-state index >= 15 is 0 Å². The Labute approximate surface area is 153 Å². The van der Waals surface area contributed by atoms with Crippen LogP contribution in [0.4, 0.5) is 10.1 Å². The maximum absolute atomic E-state index is 14.1. The molecule has 0 aromatic heterocycles. The summed E-state index contributed by atoms with van der Waals surface area (Å²) in [6, 6.07) is 2.71. The van der Waals surface area contributed by atoms with Crippen molar-refractivity contribution in [1.29, 1.82) is 0 Å². The second-order valence-electron chi connectivity index (χ2n) is 7.46. The SMILES string of the molecule is CC(C)COC(=S)Cc1cc(NC(=O)CC(C)(C)C)c(F)cc1Cl. The van der Waals surface area contributed by atoms with Crippen LogP contribution in [0.2, 0.25) is 5.02 Å². The first kappa shape index (κ1) is 20.8. The van der Waals surface area contributed by atoms with Gasteiger partial charge in [0.15, 0.2) is 5.05 Å². The van der Waals surface area contributed by atoms with Crippen molar-refractivity contribution in [3.63, 3.8) is 0 Å². The second kappa shape index (κ2) is 8.77. The van der Waals surface area contributed by atoms with Crippen LogP contribution in [0.5, 0.6) is 0 Å². The van der Waals surface area contributed by atoms with Crippen LogP contribution in [-0.4, -0.2) is 17.6 Å². The first-order chi connectivity index (χ1) is 11.0. The van der Waals surface area contributed by atoms with Gasteiger partial charge in [-0.15, -0.1) is 0 Å². The fourth-order valence-corrected chi connectivity index (χ4v) is 2.41. The van der Waals surface area contributed by atoms with E-state index in [-0.39, 0.29) is 22.0 Å². The van der Waals surface area contributed by atoms with Crippen molar-refractivity contribution in [3.05, 3.63) is 28.5 Å². The minimum atomic E-state index is -0.569. The third kappa shape index (κ3) is 7.58. The molecule has 24 heavy (non-hydrogen) atoms. The summed E-state index contributed by atoms with van der Waals surface area (Å²) < 4.78 is 19.5. The number of ether oxygens (including phenoxy) is 1. The quantitative estimate of drug-likeness (QED) is 0.679. The van der Waals surface area contributed by atoms with Gasteiger partial charge in [-0.05, 0) is 41.2 Å². The topological polar surface area (TPSA) is 38.3 Å². The second-order valence-corrected chi connectivity index (χ2v) is 8.33. The van der Waals surface area contributed by atoms with Gasteiger partial charge in [-0.25, -0.2) is 4.39 Å². The number of halogens is 2. The van der Waals surface area contributed by atoms with Crippen LogP contribution in [0, 0.1) is 17.2 Å². The molecule has 0 aliphatic heterocycles. The molecule has 3 nitrogen and oxygen atoms in total. The fraction of sp³-hybridized carbons (Fsp3) is 0.556. The Morgan fingerprint density at radius 3 is 2.54 bits per heavy atom. The third-order valence-corrected chi connectivity index (χ3v) is 3.63. The summed E-state index contributed by atoms with van der Waals surface area (Å²) in [5, 5.41) is 3.25. The Kier molecular flexibility index (Phi) is 7.61. The van der Waals surface area contributed by atoms with Gasteiger partial charge in [0, 0.05) is 17.9 Å². The summed E-state index contributed by atoms with van der Waals surface area (Å²) in [6.07, 6.45) is 0.587. The molecule has 1 rings (SSSR count). The van der Waals surface area contributed by atoms with Gasteiger partial charge in [0.2, 0.25) is 5.91 Å². The molecule has 0 spiro atoms. The van der Waals surface area contributed by atoms with Crippen molar-refractivity contribution in [1.82, 2.24) is 0 Å². The van der Waals surface area contributed by atoms with Crippen LogP contribution in [0.1, 0.15) is 46.6 Å². The highest BCUT2D eigenvalue weighted by Crippen LogP contribution is 2.26. The van der Waals surface area contributed by atoms with E-state index in [2.05, 4.69) is 5.32 Å². The molecule has 1 aromatic carbocycles. The highest BCUT2D eigenvalue weighted by molar-refractivity contribution is 7.80. The van der Waals surface area contributed by atoms with Gasteiger partial charge in [0.25, 0.3) is 0 Å². The molecule has 0 saturated heterocycles. The van der Waals surface area contributed by atoms with Crippen molar-refractivity contribution in [3.8, 4) is 0 Å². The van der Waals surface area contributed by atoms with E-state index in [0.717, 1.165) is 0 Å². The van der Waals surface area contributed by atoms with Crippen LogP contribution in [0.25, 0.3) is 0 Å². The number of hydrogen-bond donors (Lipinski definition) is 1. The summed E-state index contributed by atoms with van der Waals surface area (Å²) in [7, 11) is 0. The third-order valence-electron chi connectivity index (χ3n) is 3.01. The minimum absolute atomic E-state index is 0.107. The summed E-state index contributed by atoms with van der Waals surface area (Å²) in [6.45, 7) is 10.4. The number of carbonyl (C=O) groups excluding carboxylic acids is 1. The number of thiocarbonyl (C=S) groups is 1. The molecule has 6 heteroatoms. The van der Waals surface area contributed by atoms with Gasteiger partial charge >= 0.3 is 0 Å². The maximum Gasteiger partial charge on any atom is 0.224 e. The molecule has 1 aromatic rings. The molecule has 0 aliphatic carbocycles. The normalized spacial score (nSPS) is 11.5. The van der Waals surface area contributed by atoms with Crippen LogP contribution < -0.4 is 5.32 Å². The zero-order valence-corrected chi connectivity index (χ0v) is 16.4. The highest BCUT2D eigenvalue weighted by atomic mass is 35.5. The average Bonchev–Trinajstić information content (AvgIpc) is 2.39. The molecule has 0 unspecified atom stereocenters. The minimum Gasteiger partial charge on any atom is -0.486 e. The predicted molar refractivity (Wildman–Crippen MR) is 101 cm³/mol. The number of rotatable bonds is 6. The maximum atomic E-state index is 14.1. The molecular weight excluding hydrogens is 349 g/mol. The van der Waals surface area contributed by atoms with Gasteiger partial charge in [-0.2, -0.15) is 0 Å². The molecule has 0 radical (unpaired) electrons. The number of anilines is 1. The van der Waals surface area contributed by atoms with Crippen molar-refractivity contribution < 1.29 is 13.9 Å². The summed E-state index contributed by atoms with van der Waals surface area (Å²) in [4.78, 5) is 12.0. The zero-order chi connectivity index (χ0) is 18.5. The molecule has 1 amide bonds. The summed E-state index contributed by atoms with van der Waals surface area (Å²) >= 11 is 11.3. The summed E-state index contributed by atoms with van der Waals surface area (Å²) in [5.41, 5.74) is 0.551. The highest BCUT2D eigenvalue weighted by Gasteiger charge is 2.18. The molecule has 134 valence electrons. The fourth-order valence-electron chi connectivity index (χ4n) is 1.97. The number of nitrogens with one attached hydrogen (secondary N) is 1. The van der Waals surface area contributed by atoms with E-state index in [1.807, 2.05) is 34.6 Å². The van der Waals surface area contributed by atoms with Crippen LogP contribution in [-0.2, 0) is 16.0 Å². The van der Waals surface area contributed by atoms with E-state index in [9.17, 15) is 9.18 Å². The molecule has 1 N–H and O–H groups in total. The number of amides is 1. The number of carbonyl (C=O) groups is 1. The zero-order valence-electron chi connectivity index (χ0n) is 14.8. The smallest absolute Gasteiger partial charge is 0.224 e. The standard InChI is InChI=1S/C18H25ClFNO2S/c1-11(2)10-23-17(24)7-12-6-15(14(20)8-13(12)19)21-16(22)9-18(3,4)5/h6,8,11H,7,9-10H2,1-5H3,(H,21,22). The van der Waals surface area contributed by atoms with Gasteiger partial charge in [-0.1, -0.05) is 46.2 Å². The predicted octanol–water partition coefficient (Wildman–Crippen LogP) is 5.40. The van der Waals surface area contributed by atoms with E-state index in [0.29, 0.717) is 36.0 Å². The van der Waals surface area contributed by atoms with E-state index < -0.39 is 5.82 Å². The van der Waals surface area contributed by atoms with Crippen molar-refractivity contribution in [2.45, 2.75) is 47.5 Å². The Morgan fingerprint density at radius 2 is 2.00 bits per heavy atom. The monoisotopic (exact) mass is 373 g/mol. The van der Waals surface area contributed by atoms with E-state index in [1.54, 1.807) is 0 Å². The van der Waals surface area contributed by atoms with Crippen molar-refractivity contribution >= 4 is 40.5 Å². The lowest BCUT2D eigenvalue weighted by atomic mass is 9.92. The van der Waals surface area contributed by atoms with E-state index in [4.69, 9.17) is 28.6 Å². The lowest BCUT2D eigenvalue weighted by Crippen LogP contribution is -2.20. The van der Waals surface area contributed by atoms with Crippen LogP contribution >= 0.6 is 23.8 Å². The molecule has 0 saturated carbocycles. The Bertz CT molecular complexity index is 612. The number of benzene rings is 1. The Hall–Kier alpha value is -1.20. The van der Waals surface area contributed by atoms with Gasteiger partial charge in [0.05, 0.1) is 12.3 Å². The first-order valence-corrected chi connectivity index (χ1v) is 8.70. The summed E-state index contributed by atoms with van der Waals surface area (Å²) in [5.74, 6) is -0.452. The van der Waals surface area contributed by atoms with Crippen molar-refractivity contribution in [2.75, 3.05) is 11.9 Å².